The number of nitrogens with zero attached hydrogens (tertiary/aromatic N) is 2. The molecule has 0 saturated carbocycles. The molecule has 1 atom stereocenters. The second-order valence-electron chi connectivity index (χ2n) is 5.19. The molecule has 1 fully saturated rings. The lowest BCUT2D eigenvalue weighted by molar-refractivity contribution is 0.0929. The van der Waals surface area contributed by atoms with E-state index >= 15 is 0 Å². The third-order valence-corrected chi connectivity index (χ3v) is 3.75. The van der Waals surface area contributed by atoms with Gasteiger partial charge >= 0.3 is 0 Å². The van der Waals surface area contributed by atoms with Crippen molar-refractivity contribution >= 4 is 11.7 Å². The Morgan fingerprint density at radius 1 is 1.45 bits per heavy atom. The van der Waals surface area contributed by atoms with Crippen LogP contribution in [0.25, 0.3) is 0 Å². The Hall–Kier alpha value is -1.62. The molecule has 0 bridgehead atoms. The van der Waals surface area contributed by atoms with Crippen molar-refractivity contribution in [2.45, 2.75) is 38.6 Å². The molecule has 1 amide bonds. The van der Waals surface area contributed by atoms with E-state index in [1.165, 1.54) is 12.8 Å². The number of carbonyl (C=O) groups is 1. The number of hydrogen-bond donors (Lipinski definition) is 2. The van der Waals surface area contributed by atoms with Crippen molar-refractivity contribution in [3.63, 3.8) is 0 Å². The van der Waals surface area contributed by atoms with Crippen molar-refractivity contribution in [2.24, 2.45) is 0 Å². The molecule has 2 heterocycles. The molecule has 1 unspecified atom stereocenters. The van der Waals surface area contributed by atoms with Gasteiger partial charge in [-0.15, -0.1) is 0 Å². The van der Waals surface area contributed by atoms with E-state index < -0.39 is 0 Å². The Kier molecular flexibility index (Phi) is 5.35. The molecule has 110 valence electrons. The van der Waals surface area contributed by atoms with E-state index in [0.717, 1.165) is 25.3 Å². The van der Waals surface area contributed by atoms with Gasteiger partial charge in [0, 0.05) is 31.9 Å². The Morgan fingerprint density at radius 3 is 2.75 bits per heavy atom. The molecular weight excluding hydrogens is 254 g/mol. The molecule has 2 N–H and O–H groups in total. The first kappa shape index (κ1) is 14.8. The number of rotatable bonds is 6. The minimum Gasteiger partial charge on any atom is -0.396 e. The summed E-state index contributed by atoms with van der Waals surface area (Å²) in [5.74, 6) is 0.826. The molecule has 1 saturated heterocycles. The van der Waals surface area contributed by atoms with Crippen LogP contribution in [-0.4, -0.2) is 41.7 Å². The van der Waals surface area contributed by atoms with Crippen LogP contribution in [0.4, 0.5) is 5.82 Å². The maximum Gasteiger partial charge on any atom is 0.253 e. The maximum absolute atomic E-state index is 12.1. The van der Waals surface area contributed by atoms with Gasteiger partial charge in [-0.25, -0.2) is 4.98 Å². The van der Waals surface area contributed by atoms with E-state index in [2.05, 4.69) is 15.2 Å². The number of pyridine rings is 1. The topological polar surface area (TPSA) is 65.5 Å². The highest BCUT2D eigenvalue weighted by Crippen LogP contribution is 2.17. The summed E-state index contributed by atoms with van der Waals surface area (Å²) < 4.78 is 0. The molecule has 1 aromatic rings. The molecular formula is C15H23N3O2. The number of anilines is 1. The maximum atomic E-state index is 12.1. The normalized spacial score (nSPS) is 16.2. The predicted octanol–water partition coefficient (Wildman–Crippen LogP) is 1.57. The Morgan fingerprint density at radius 2 is 2.20 bits per heavy atom. The Balaban J connectivity index is 1.96. The number of aliphatic hydroxyl groups is 1. The van der Waals surface area contributed by atoms with Gasteiger partial charge in [0.1, 0.15) is 5.82 Å². The van der Waals surface area contributed by atoms with Crippen molar-refractivity contribution in [1.82, 2.24) is 10.3 Å². The average molecular weight is 277 g/mol. The summed E-state index contributed by atoms with van der Waals surface area (Å²) in [6.45, 7) is 4.18. The number of carbonyl (C=O) groups excluding carboxylic acids is 1. The van der Waals surface area contributed by atoms with Crippen LogP contribution in [0, 0.1) is 0 Å². The van der Waals surface area contributed by atoms with Gasteiger partial charge in [-0.3, -0.25) is 4.79 Å². The fraction of sp³-hybridized carbons (Fsp3) is 0.600. The van der Waals surface area contributed by atoms with E-state index in [4.69, 9.17) is 5.11 Å². The van der Waals surface area contributed by atoms with Crippen LogP contribution < -0.4 is 10.2 Å². The van der Waals surface area contributed by atoms with Crippen LogP contribution in [0.3, 0.4) is 0 Å². The van der Waals surface area contributed by atoms with Crippen molar-refractivity contribution < 1.29 is 9.90 Å². The third-order valence-electron chi connectivity index (χ3n) is 3.75. The van der Waals surface area contributed by atoms with E-state index in [1.54, 1.807) is 6.20 Å². The first-order valence-electron chi connectivity index (χ1n) is 7.37. The number of hydrogen-bond acceptors (Lipinski definition) is 4. The molecule has 1 aliphatic heterocycles. The highest BCUT2D eigenvalue weighted by Gasteiger charge is 2.15. The summed E-state index contributed by atoms with van der Waals surface area (Å²) in [5.41, 5.74) is 0.573. The van der Waals surface area contributed by atoms with Crippen LogP contribution in [-0.2, 0) is 0 Å². The van der Waals surface area contributed by atoms with Gasteiger partial charge in [-0.1, -0.05) is 6.92 Å². The summed E-state index contributed by atoms with van der Waals surface area (Å²) in [4.78, 5) is 18.7. The first-order valence-corrected chi connectivity index (χ1v) is 7.37. The largest absolute Gasteiger partial charge is 0.396 e. The van der Waals surface area contributed by atoms with Crippen LogP contribution >= 0.6 is 0 Å². The van der Waals surface area contributed by atoms with Gasteiger partial charge < -0.3 is 15.3 Å². The van der Waals surface area contributed by atoms with Gasteiger partial charge in [0.15, 0.2) is 0 Å². The minimum absolute atomic E-state index is 0.0192. The molecule has 0 spiro atoms. The van der Waals surface area contributed by atoms with Crippen LogP contribution in [0.2, 0.25) is 0 Å². The summed E-state index contributed by atoms with van der Waals surface area (Å²) in [7, 11) is 0. The Bertz CT molecular complexity index is 427. The molecule has 5 nitrogen and oxygen atoms in total. The molecule has 1 aromatic heterocycles. The minimum atomic E-state index is -0.120. The zero-order chi connectivity index (χ0) is 14.4. The summed E-state index contributed by atoms with van der Waals surface area (Å²) in [6, 6.07) is 3.75. The van der Waals surface area contributed by atoms with Crippen molar-refractivity contribution in [1.29, 1.82) is 0 Å². The van der Waals surface area contributed by atoms with Crippen molar-refractivity contribution in [2.75, 3.05) is 24.6 Å². The van der Waals surface area contributed by atoms with Gasteiger partial charge in [-0.2, -0.15) is 0 Å². The quantitative estimate of drug-likeness (QED) is 0.828. The van der Waals surface area contributed by atoms with Crippen LogP contribution in [0.5, 0.6) is 0 Å². The molecule has 20 heavy (non-hydrogen) atoms. The van der Waals surface area contributed by atoms with E-state index in [0.29, 0.717) is 12.0 Å². The molecule has 5 heteroatoms. The summed E-state index contributed by atoms with van der Waals surface area (Å²) in [6.07, 6.45) is 5.45. The monoisotopic (exact) mass is 277 g/mol. The summed E-state index contributed by atoms with van der Waals surface area (Å²) in [5, 5.41) is 11.9. The molecule has 0 aromatic carbocycles. The van der Waals surface area contributed by atoms with Gasteiger partial charge in [0.05, 0.1) is 5.56 Å². The number of aliphatic hydroxyl groups excluding tert-OH is 1. The fourth-order valence-electron chi connectivity index (χ4n) is 2.46. The first-order chi connectivity index (χ1) is 9.74. The third kappa shape index (κ3) is 3.70. The lowest BCUT2D eigenvalue weighted by Gasteiger charge is -2.17. The van der Waals surface area contributed by atoms with Gasteiger partial charge in [0.25, 0.3) is 5.91 Å². The zero-order valence-corrected chi connectivity index (χ0v) is 12.0. The summed E-state index contributed by atoms with van der Waals surface area (Å²) >= 11 is 0. The molecule has 2 rings (SSSR count). The number of amides is 1. The molecule has 0 aliphatic carbocycles. The second-order valence-corrected chi connectivity index (χ2v) is 5.19. The van der Waals surface area contributed by atoms with Crippen molar-refractivity contribution in [3.8, 4) is 0 Å². The van der Waals surface area contributed by atoms with E-state index in [1.807, 2.05) is 19.1 Å². The van der Waals surface area contributed by atoms with Gasteiger partial charge in [0.2, 0.25) is 0 Å². The zero-order valence-electron chi connectivity index (χ0n) is 12.0. The highest BCUT2D eigenvalue weighted by atomic mass is 16.3. The SMILES string of the molecule is CCC(CCO)NC(=O)c1ccc(N2CCCC2)nc1. The smallest absolute Gasteiger partial charge is 0.253 e. The lowest BCUT2D eigenvalue weighted by atomic mass is 10.1. The average Bonchev–Trinajstić information content (AvgIpc) is 3.01. The number of aromatic nitrogens is 1. The fourth-order valence-corrected chi connectivity index (χ4v) is 2.46. The molecule has 0 radical (unpaired) electrons. The number of nitrogens with one attached hydrogen (secondary N) is 1. The van der Waals surface area contributed by atoms with Gasteiger partial charge in [-0.05, 0) is 37.8 Å². The second kappa shape index (κ2) is 7.24. The highest BCUT2D eigenvalue weighted by molar-refractivity contribution is 5.94. The van der Waals surface area contributed by atoms with E-state index in [9.17, 15) is 4.79 Å². The van der Waals surface area contributed by atoms with Crippen molar-refractivity contribution in [3.05, 3.63) is 23.9 Å². The van der Waals surface area contributed by atoms with Crippen LogP contribution in [0.1, 0.15) is 43.0 Å². The Labute approximate surface area is 120 Å². The molecule has 1 aliphatic rings. The van der Waals surface area contributed by atoms with Crippen LogP contribution in [0.15, 0.2) is 18.3 Å². The lowest BCUT2D eigenvalue weighted by Crippen LogP contribution is -2.35. The van der Waals surface area contributed by atoms with E-state index in [-0.39, 0.29) is 18.6 Å². The predicted molar refractivity (Wildman–Crippen MR) is 78.9 cm³/mol. The standard InChI is InChI=1S/C15H23N3O2/c1-2-13(7-10-19)17-15(20)12-5-6-14(16-11-12)18-8-3-4-9-18/h5-6,11,13,19H,2-4,7-10H2,1H3,(H,17,20).